The highest BCUT2D eigenvalue weighted by Gasteiger charge is 2.02. The summed E-state index contributed by atoms with van der Waals surface area (Å²) in [5, 5.41) is 20.3. The fraction of sp³-hybridized carbons (Fsp3) is 0.400. The van der Waals surface area contributed by atoms with Gasteiger partial charge in [0.2, 0.25) is 0 Å². The number of hydrogen-bond donors (Lipinski definition) is 1. The summed E-state index contributed by atoms with van der Waals surface area (Å²) < 4.78 is 0. The number of phenolic OH excluding ortho intramolecular Hbond substituents is 1. The van der Waals surface area contributed by atoms with Crippen LogP contribution in [-0.2, 0) is 11.5 Å². The van der Waals surface area contributed by atoms with Crippen molar-refractivity contribution in [3.8, 4) is 11.5 Å². The Morgan fingerprint density at radius 1 is 1.42 bits per heavy atom. The van der Waals surface area contributed by atoms with E-state index < -0.39 is 0 Å². The lowest BCUT2D eigenvalue weighted by atomic mass is 10.1. The summed E-state index contributed by atoms with van der Waals surface area (Å²) >= 11 is 0. The second-order valence-corrected chi connectivity index (χ2v) is 2.90. The predicted octanol–water partition coefficient (Wildman–Crippen LogP) is 2.88. The van der Waals surface area contributed by atoms with Gasteiger partial charge in [0, 0.05) is 5.56 Å². The van der Waals surface area contributed by atoms with Crippen LogP contribution in [0.5, 0.6) is 11.5 Å². The Bertz CT molecular complexity index is 256. The topological polar surface area (TPSA) is 40.1 Å². The fourth-order valence-electron chi connectivity index (χ4n) is 1.13. The van der Waals surface area contributed by atoms with Crippen molar-refractivity contribution < 1.29 is 10.2 Å². The summed E-state index contributed by atoms with van der Waals surface area (Å²) in [6, 6.07) is 4.40. The number of benzene rings is 1. The average molecular weight is 165 g/mol. The zero-order valence-corrected chi connectivity index (χ0v) is 7.21. The Kier molecular flexibility index (Phi) is 2.97. The smallest absolute Gasteiger partial charge is 0.182 e. The lowest BCUT2D eigenvalue weighted by Crippen LogP contribution is -1.84. The van der Waals surface area contributed by atoms with Gasteiger partial charge in [-0.2, -0.15) is 0 Å². The van der Waals surface area contributed by atoms with Crippen LogP contribution in [0.3, 0.4) is 0 Å². The number of rotatable bonds is 3. The van der Waals surface area contributed by atoms with E-state index in [1.54, 1.807) is 6.07 Å². The van der Waals surface area contributed by atoms with Crippen molar-refractivity contribution in [1.82, 2.24) is 0 Å². The molecule has 1 N–H and O–H groups in total. The first-order valence-corrected chi connectivity index (χ1v) is 4.23. The van der Waals surface area contributed by atoms with Crippen molar-refractivity contribution in [2.75, 3.05) is 0 Å². The van der Waals surface area contributed by atoms with Gasteiger partial charge in [0.1, 0.15) is 5.75 Å². The zero-order chi connectivity index (χ0) is 8.97. The van der Waals surface area contributed by atoms with Crippen LogP contribution >= 0.6 is 0 Å². The van der Waals surface area contributed by atoms with E-state index in [1.807, 2.05) is 0 Å². The highest BCUT2D eigenvalue weighted by molar-refractivity contribution is 5.38. The van der Waals surface area contributed by atoms with Gasteiger partial charge in [0.05, 0.1) is 0 Å². The molecule has 0 fully saturated rings. The molecule has 65 valence electrons. The lowest BCUT2D eigenvalue weighted by molar-refractivity contribution is 0.348. The highest BCUT2D eigenvalue weighted by atomic mass is 16.3. The van der Waals surface area contributed by atoms with E-state index in [2.05, 4.69) is 6.92 Å². The highest BCUT2D eigenvalue weighted by Crippen LogP contribution is 2.23. The number of phenols is 1. The van der Waals surface area contributed by atoms with Gasteiger partial charge in [-0.25, -0.2) is 0 Å². The Balaban J connectivity index is 2.75. The summed E-state index contributed by atoms with van der Waals surface area (Å²) in [4.78, 5) is 0. The Morgan fingerprint density at radius 2 is 2.17 bits per heavy atom. The second kappa shape index (κ2) is 4.00. The van der Waals surface area contributed by atoms with E-state index in [4.69, 9.17) is 5.11 Å². The van der Waals surface area contributed by atoms with Gasteiger partial charge in [-0.05, 0) is 31.0 Å². The summed E-state index contributed by atoms with van der Waals surface area (Å²) in [6.45, 7) is 2.08. The van der Waals surface area contributed by atoms with E-state index in [0.29, 0.717) is 0 Å². The summed E-state index contributed by atoms with van der Waals surface area (Å²) in [5.74, 6) is 0.210. The Labute approximate surface area is 72.5 Å². The van der Waals surface area contributed by atoms with Gasteiger partial charge >= 0.3 is 0 Å². The van der Waals surface area contributed by atoms with Gasteiger partial charge in [0.15, 0.2) is 5.75 Å². The molecule has 12 heavy (non-hydrogen) atoms. The SMILES string of the molecule is CCCCc1cc(O)ccc1[O]. The Hall–Kier alpha value is -1.18. The van der Waals surface area contributed by atoms with Crippen LogP contribution in [0.2, 0.25) is 0 Å². The molecule has 1 radical (unpaired) electrons. The van der Waals surface area contributed by atoms with Crippen molar-refractivity contribution in [3.05, 3.63) is 23.8 Å². The molecule has 1 aromatic rings. The van der Waals surface area contributed by atoms with Gasteiger partial charge in [0.25, 0.3) is 0 Å². The monoisotopic (exact) mass is 165 g/mol. The fourth-order valence-corrected chi connectivity index (χ4v) is 1.13. The van der Waals surface area contributed by atoms with Crippen LogP contribution in [-0.4, -0.2) is 5.11 Å². The summed E-state index contributed by atoms with van der Waals surface area (Å²) in [5.41, 5.74) is 0.719. The molecule has 0 heterocycles. The molecule has 0 amide bonds. The minimum atomic E-state index is 0.0289. The normalized spacial score (nSPS) is 10.1. The molecular weight excluding hydrogens is 152 g/mol. The molecule has 0 aromatic heterocycles. The maximum absolute atomic E-state index is 11.2. The molecule has 0 atom stereocenters. The number of unbranched alkanes of at least 4 members (excludes halogenated alkanes) is 1. The molecule has 0 spiro atoms. The maximum Gasteiger partial charge on any atom is 0.182 e. The third kappa shape index (κ3) is 2.16. The molecule has 0 bridgehead atoms. The Morgan fingerprint density at radius 3 is 2.83 bits per heavy atom. The third-order valence-corrected chi connectivity index (χ3v) is 1.84. The van der Waals surface area contributed by atoms with Gasteiger partial charge in [-0.15, -0.1) is 0 Å². The molecule has 0 saturated carbocycles. The number of aryl methyl sites for hydroxylation is 1. The average Bonchev–Trinajstić information content (AvgIpc) is 2.07. The van der Waals surface area contributed by atoms with Gasteiger partial charge in [-0.1, -0.05) is 13.3 Å². The molecule has 2 heteroatoms. The van der Waals surface area contributed by atoms with Crippen LogP contribution in [0.1, 0.15) is 25.3 Å². The first-order chi connectivity index (χ1) is 5.74. The largest absolute Gasteiger partial charge is 0.508 e. The van der Waals surface area contributed by atoms with Crippen LogP contribution in [0.25, 0.3) is 0 Å². The number of hydrogen-bond acceptors (Lipinski definition) is 1. The molecule has 0 saturated heterocycles. The van der Waals surface area contributed by atoms with Crippen LogP contribution < -0.4 is 0 Å². The predicted molar refractivity (Wildman–Crippen MR) is 46.9 cm³/mol. The zero-order valence-electron chi connectivity index (χ0n) is 7.21. The summed E-state index contributed by atoms with van der Waals surface area (Å²) in [7, 11) is 0. The van der Waals surface area contributed by atoms with Crippen molar-refractivity contribution in [3.63, 3.8) is 0 Å². The molecule has 0 unspecified atom stereocenters. The number of aromatic hydroxyl groups is 1. The van der Waals surface area contributed by atoms with Crippen molar-refractivity contribution in [1.29, 1.82) is 0 Å². The van der Waals surface area contributed by atoms with Crippen molar-refractivity contribution in [2.24, 2.45) is 0 Å². The molecule has 1 aromatic carbocycles. The molecule has 1 rings (SSSR count). The first-order valence-electron chi connectivity index (χ1n) is 4.23. The first kappa shape index (κ1) is 8.91. The molecule has 0 aliphatic carbocycles. The summed E-state index contributed by atoms with van der Waals surface area (Å²) in [6.07, 6.45) is 2.83. The quantitative estimate of drug-likeness (QED) is 0.735. The van der Waals surface area contributed by atoms with Crippen molar-refractivity contribution in [2.45, 2.75) is 26.2 Å². The van der Waals surface area contributed by atoms with Crippen molar-refractivity contribution >= 4 is 0 Å². The van der Waals surface area contributed by atoms with E-state index in [-0.39, 0.29) is 11.5 Å². The maximum atomic E-state index is 11.2. The van der Waals surface area contributed by atoms with Crippen LogP contribution in [0.15, 0.2) is 18.2 Å². The molecule has 2 nitrogen and oxygen atoms in total. The van der Waals surface area contributed by atoms with Crippen LogP contribution in [0.4, 0.5) is 0 Å². The van der Waals surface area contributed by atoms with E-state index >= 15 is 0 Å². The minimum absolute atomic E-state index is 0.0289. The molecule has 0 aliphatic heterocycles. The van der Waals surface area contributed by atoms with E-state index in [1.165, 1.54) is 12.1 Å². The van der Waals surface area contributed by atoms with Gasteiger partial charge in [-0.3, -0.25) is 5.11 Å². The van der Waals surface area contributed by atoms with E-state index in [9.17, 15) is 5.11 Å². The third-order valence-electron chi connectivity index (χ3n) is 1.84. The second-order valence-electron chi connectivity index (χ2n) is 2.90. The van der Waals surface area contributed by atoms with Crippen LogP contribution in [0, 0.1) is 0 Å². The minimum Gasteiger partial charge on any atom is -0.508 e. The standard InChI is InChI=1S/C10H13O2/c1-2-3-4-8-7-9(11)5-6-10(8)12/h5-7,11H,2-4H2,1H3. The van der Waals surface area contributed by atoms with E-state index in [0.717, 1.165) is 24.8 Å². The molecule has 0 aliphatic rings. The molecular formula is C10H13O2. The van der Waals surface area contributed by atoms with Gasteiger partial charge < -0.3 is 5.11 Å². The lowest BCUT2D eigenvalue weighted by Gasteiger charge is -2.01.